The number of sulfonamides is 1. The first kappa shape index (κ1) is 19.0. The van der Waals surface area contributed by atoms with Crippen LogP contribution in [0, 0.1) is 0 Å². The maximum Gasteiger partial charge on any atom is 0.208 e. The Labute approximate surface area is 149 Å². The lowest BCUT2D eigenvalue weighted by Crippen LogP contribution is -2.42. The van der Waals surface area contributed by atoms with Gasteiger partial charge in [0.05, 0.1) is 6.26 Å². The summed E-state index contributed by atoms with van der Waals surface area (Å²) >= 11 is 6.09. The molecule has 0 aromatic heterocycles. The van der Waals surface area contributed by atoms with Crippen LogP contribution >= 0.6 is 11.6 Å². The van der Waals surface area contributed by atoms with Crippen molar-refractivity contribution in [3.05, 3.63) is 34.9 Å². The van der Waals surface area contributed by atoms with Gasteiger partial charge in [-0.15, -0.1) is 0 Å². The predicted octanol–water partition coefficient (Wildman–Crippen LogP) is 1.48. The lowest BCUT2D eigenvalue weighted by atomic mass is 9.96. The van der Waals surface area contributed by atoms with E-state index in [0.29, 0.717) is 19.5 Å². The number of hydrogen-bond donors (Lipinski definition) is 3. The van der Waals surface area contributed by atoms with E-state index in [4.69, 9.17) is 11.6 Å². The molecule has 1 aliphatic rings. The SMILES string of the molecule is CN=C(NCCCNS(C)(=O)=O)NCC1(c2cccc(Cl)c2)CC1. The van der Waals surface area contributed by atoms with Gasteiger partial charge in [-0.1, -0.05) is 23.7 Å². The van der Waals surface area contributed by atoms with E-state index >= 15 is 0 Å². The fourth-order valence-corrected chi connectivity index (χ4v) is 3.27. The second-order valence-corrected chi connectivity index (χ2v) is 8.43. The lowest BCUT2D eigenvalue weighted by Gasteiger charge is -2.19. The second kappa shape index (κ2) is 8.18. The molecule has 0 saturated heterocycles. The van der Waals surface area contributed by atoms with Gasteiger partial charge in [-0.3, -0.25) is 4.99 Å². The Hall–Kier alpha value is -1.31. The van der Waals surface area contributed by atoms with Crippen molar-refractivity contribution in [2.45, 2.75) is 24.7 Å². The minimum Gasteiger partial charge on any atom is -0.356 e. The Bertz CT molecular complexity index is 687. The number of nitrogens with one attached hydrogen (secondary N) is 3. The average Bonchev–Trinajstić information content (AvgIpc) is 3.30. The zero-order valence-electron chi connectivity index (χ0n) is 14.1. The van der Waals surface area contributed by atoms with E-state index in [9.17, 15) is 8.42 Å². The molecule has 1 saturated carbocycles. The van der Waals surface area contributed by atoms with Crippen molar-refractivity contribution < 1.29 is 8.42 Å². The fourth-order valence-electron chi connectivity index (χ4n) is 2.56. The topological polar surface area (TPSA) is 82.6 Å². The highest BCUT2D eigenvalue weighted by molar-refractivity contribution is 7.88. The Balaban J connectivity index is 1.76. The van der Waals surface area contributed by atoms with Crippen molar-refractivity contribution >= 4 is 27.6 Å². The zero-order chi connectivity index (χ0) is 17.6. The van der Waals surface area contributed by atoms with E-state index in [2.05, 4.69) is 26.4 Å². The summed E-state index contributed by atoms with van der Waals surface area (Å²) in [4.78, 5) is 4.21. The van der Waals surface area contributed by atoms with Crippen LogP contribution in [0.4, 0.5) is 0 Å². The summed E-state index contributed by atoms with van der Waals surface area (Å²) in [5, 5.41) is 7.31. The first-order chi connectivity index (χ1) is 11.3. The molecule has 0 radical (unpaired) electrons. The van der Waals surface area contributed by atoms with Gasteiger partial charge in [-0.2, -0.15) is 0 Å². The van der Waals surface area contributed by atoms with Crippen LogP contribution in [0.25, 0.3) is 0 Å². The first-order valence-corrected chi connectivity index (χ1v) is 10.3. The van der Waals surface area contributed by atoms with E-state index in [1.165, 1.54) is 5.56 Å². The van der Waals surface area contributed by atoms with E-state index in [1.807, 2.05) is 18.2 Å². The van der Waals surface area contributed by atoms with E-state index in [0.717, 1.165) is 36.6 Å². The summed E-state index contributed by atoms with van der Waals surface area (Å²) in [6.07, 6.45) is 4.12. The zero-order valence-corrected chi connectivity index (χ0v) is 15.7. The Morgan fingerprint density at radius 2 is 2.04 bits per heavy atom. The molecule has 0 atom stereocenters. The van der Waals surface area contributed by atoms with Crippen molar-refractivity contribution in [3.63, 3.8) is 0 Å². The molecule has 2 rings (SSSR count). The molecule has 24 heavy (non-hydrogen) atoms. The number of benzene rings is 1. The van der Waals surface area contributed by atoms with Crippen molar-refractivity contribution in [1.29, 1.82) is 0 Å². The van der Waals surface area contributed by atoms with Gasteiger partial charge in [-0.05, 0) is 37.0 Å². The van der Waals surface area contributed by atoms with Crippen LogP contribution in [0.5, 0.6) is 0 Å². The van der Waals surface area contributed by atoms with Crippen LogP contribution in [0.2, 0.25) is 5.02 Å². The highest BCUT2D eigenvalue weighted by Crippen LogP contribution is 2.48. The molecular weight excluding hydrogens is 348 g/mol. The Morgan fingerprint density at radius 3 is 2.62 bits per heavy atom. The van der Waals surface area contributed by atoms with Crippen LogP contribution in [0.15, 0.2) is 29.3 Å². The summed E-state index contributed by atoms with van der Waals surface area (Å²) in [6, 6.07) is 8.02. The Morgan fingerprint density at radius 1 is 1.29 bits per heavy atom. The van der Waals surface area contributed by atoms with Gasteiger partial charge in [0.2, 0.25) is 10.0 Å². The highest BCUT2D eigenvalue weighted by Gasteiger charge is 2.44. The molecule has 1 aliphatic carbocycles. The predicted molar refractivity (Wildman–Crippen MR) is 99.2 cm³/mol. The van der Waals surface area contributed by atoms with Crippen molar-refractivity contribution in [1.82, 2.24) is 15.4 Å². The molecular formula is C16H25ClN4O2S. The quantitative estimate of drug-likeness (QED) is 0.366. The molecule has 0 heterocycles. The third-order valence-electron chi connectivity index (χ3n) is 4.12. The minimum atomic E-state index is -3.12. The van der Waals surface area contributed by atoms with Crippen LogP contribution in [0.3, 0.4) is 0 Å². The molecule has 0 aliphatic heterocycles. The third kappa shape index (κ3) is 5.96. The van der Waals surface area contributed by atoms with E-state index in [-0.39, 0.29) is 5.41 Å². The van der Waals surface area contributed by atoms with Crippen LogP contribution in [0.1, 0.15) is 24.8 Å². The molecule has 134 valence electrons. The van der Waals surface area contributed by atoms with Crippen LogP contribution < -0.4 is 15.4 Å². The normalized spacial score (nSPS) is 16.7. The van der Waals surface area contributed by atoms with Gasteiger partial charge in [0.1, 0.15) is 0 Å². The molecule has 0 spiro atoms. The third-order valence-corrected chi connectivity index (χ3v) is 5.08. The molecule has 3 N–H and O–H groups in total. The lowest BCUT2D eigenvalue weighted by molar-refractivity contribution is 0.584. The summed E-state index contributed by atoms with van der Waals surface area (Å²) < 4.78 is 24.4. The summed E-state index contributed by atoms with van der Waals surface area (Å²) in [6.45, 7) is 1.86. The Kier molecular flexibility index (Phi) is 6.48. The average molecular weight is 373 g/mol. The monoisotopic (exact) mass is 372 g/mol. The van der Waals surface area contributed by atoms with Gasteiger partial charge >= 0.3 is 0 Å². The summed E-state index contributed by atoms with van der Waals surface area (Å²) in [7, 11) is -1.40. The van der Waals surface area contributed by atoms with Crippen LogP contribution in [-0.4, -0.2) is 47.3 Å². The number of nitrogens with zero attached hydrogens (tertiary/aromatic N) is 1. The molecule has 1 fully saturated rings. The largest absolute Gasteiger partial charge is 0.356 e. The highest BCUT2D eigenvalue weighted by atomic mass is 35.5. The number of aliphatic imine (C=N–C) groups is 1. The number of guanidine groups is 1. The van der Waals surface area contributed by atoms with Crippen molar-refractivity contribution in [2.24, 2.45) is 4.99 Å². The van der Waals surface area contributed by atoms with Gasteiger partial charge in [0.15, 0.2) is 5.96 Å². The van der Waals surface area contributed by atoms with Gasteiger partial charge in [-0.25, -0.2) is 13.1 Å². The smallest absolute Gasteiger partial charge is 0.208 e. The number of hydrogen-bond acceptors (Lipinski definition) is 3. The number of halogens is 1. The molecule has 6 nitrogen and oxygen atoms in total. The van der Waals surface area contributed by atoms with Gasteiger partial charge in [0, 0.05) is 37.1 Å². The maximum atomic E-state index is 11.0. The molecule has 0 amide bonds. The molecule has 0 unspecified atom stereocenters. The van der Waals surface area contributed by atoms with E-state index < -0.39 is 10.0 Å². The molecule has 1 aromatic carbocycles. The number of rotatable bonds is 8. The summed E-state index contributed by atoms with van der Waals surface area (Å²) in [5.41, 5.74) is 1.40. The second-order valence-electron chi connectivity index (χ2n) is 6.16. The van der Waals surface area contributed by atoms with Gasteiger partial charge in [0.25, 0.3) is 0 Å². The van der Waals surface area contributed by atoms with E-state index in [1.54, 1.807) is 7.05 Å². The van der Waals surface area contributed by atoms with Gasteiger partial charge < -0.3 is 10.6 Å². The fraction of sp³-hybridized carbons (Fsp3) is 0.562. The molecule has 0 bridgehead atoms. The van der Waals surface area contributed by atoms with Crippen LogP contribution in [-0.2, 0) is 15.4 Å². The molecule has 1 aromatic rings. The maximum absolute atomic E-state index is 11.0. The molecule has 8 heteroatoms. The van der Waals surface area contributed by atoms with Crippen molar-refractivity contribution in [3.8, 4) is 0 Å². The van der Waals surface area contributed by atoms with Crippen molar-refractivity contribution in [2.75, 3.05) is 32.9 Å². The standard InChI is InChI=1S/C16H25ClN4O2S/c1-18-15(19-9-4-10-21-24(2,22)23)20-12-16(7-8-16)13-5-3-6-14(17)11-13/h3,5-6,11,21H,4,7-10,12H2,1-2H3,(H2,18,19,20). The minimum absolute atomic E-state index is 0.139. The summed E-state index contributed by atoms with van der Waals surface area (Å²) in [5.74, 6) is 0.725. The first-order valence-electron chi connectivity index (χ1n) is 8.00.